The molecule has 1 saturated carbocycles. The van der Waals surface area contributed by atoms with Gasteiger partial charge in [-0.1, -0.05) is 19.3 Å². The molecule has 0 unspecified atom stereocenters. The number of amides is 3. The SMILES string of the molecule is C[C@H](OC(=O)c1ccc(O)cc1)C(=O)NC(=O)NC1CCCCC1. The first-order valence-corrected chi connectivity index (χ1v) is 8.07. The fourth-order valence-electron chi connectivity index (χ4n) is 2.56. The average molecular weight is 334 g/mol. The van der Waals surface area contributed by atoms with E-state index in [-0.39, 0.29) is 17.4 Å². The third-order valence-corrected chi connectivity index (χ3v) is 3.93. The Kier molecular flexibility index (Phi) is 6.17. The molecule has 3 amide bonds. The number of hydrogen-bond acceptors (Lipinski definition) is 5. The first kappa shape index (κ1) is 17.8. The first-order valence-electron chi connectivity index (χ1n) is 8.07. The molecule has 0 heterocycles. The van der Waals surface area contributed by atoms with E-state index in [0.717, 1.165) is 25.7 Å². The van der Waals surface area contributed by atoms with Crippen LogP contribution < -0.4 is 10.6 Å². The second-order valence-corrected chi connectivity index (χ2v) is 5.89. The van der Waals surface area contributed by atoms with Crippen LogP contribution >= 0.6 is 0 Å². The normalized spacial score (nSPS) is 16.0. The zero-order chi connectivity index (χ0) is 17.5. The molecule has 7 nitrogen and oxygen atoms in total. The summed E-state index contributed by atoms with van der Waals surface area (Å²) >= 11 is 0. The number of carbonyl (C=O) groups excluding carboxylic acids is 3. The van der Waals surface area contributed by atoms with Crippen molar-refractivity contribution in [3.63, 3.8) is 0 Å². The third kappa shape index (κ3) is 5.26. The zero-order valence-corrected chi connectivity index (χ0v) is 13.6. The van der Waals surface area contributed by atoms with E-state index in [1.165, 1.54) is 37.6 Å². The molecule has 1 aliphatic rings. The summed E-state index contributed by atoms with van der Waals surface area (Å²) in [6, 6.07) is 4.98. The molecular weight excluding hydrogens is 312 g/mol. The van der Waals surface area contributed by atoms with Crippen LogP contribution in [0.15, 0.2) is 24.3 Å². The molecule has 0 bridgehead atoms. The number of benzene rings is 1. The minimum absolute atomic E-state index is 0.0247. The molecule has 0 aromatic heterocycles. The van der Waals surface area contributed by atoms with E-state index in [0.29, 0.717) is 0 Å². The summed E-state index contributed by atoms with van der Waals surface area (Å²) in [7, 11) is 0. The maximum absolute atomic E-state index is 11.9. The van der Waals surface area contributed by atoms with E-state index < -0.39 is 24.0 Å². The number of carbonyl (C=O) groups is 3. The predicted molar refractivity (Wildman–Crippen MR) is 86.5 cm³/mol. The lowest BCUT2D eigenvalue weighted by molar-refractivity contribution is -0.127. The van der Waals surface area contributed by atoms with E-state index in [1.54, 1.807) is 0 Å². The largest absolute Gasteiger partial charge is 0.508 e. The van der Waals surface area contributed by atoms with Crippen molar-refractivity contribution in [2.45, 2.75) is 51.2 Å². The monoisotopic (exact) mass is 334 g/mol. The van der Waals surface area contributed by atoms with Crippen LogP contribution in [0.1, 0.15) is 49.4 Å². The van der Waals surface area contributed by atoms with Crippen LogP contribution in [0.25, 0.3) is 0 Å². The zero-order valence-electron chi connectivity index (χ0n) is 13.6. The van der Waals surface area contributed by atoms with Gasteiger partial charge < -0.3 is 15.2 Å². The summed E-state index contributed by atoms with van der Waals surface area (Å²) in [5.74, 6) is -1.36. The number of phenolic OH excluding ortho intramolecular Hbond substituents is 1. The molecule has 1 aliphatic carbocycles. The molecule has 0 saturated heterocycles. The van der Waals surface area contributed by atoms with E-state index in [2.05, 4.69) is 10.6 Å². The number of rotatable bonds is 4. The van der Waals surface area contributed by atoms with Gasteiger partial charge in [-0.15, -0.1) is 0 Å². The molecule has 0 spiro atoms. The van der Waals surface area contributed by atoms with Crippen molar-refractivity contribution in [2.24, 2.45) is 0 Å². The topological polar surface area (TPSA) is 105 Å². The maximum atomic E-state index is 11.9. The lowest BCUT2D eigenvalue weighted by Gasteiger charge is -2.23. The smallest absolute Gasteiger partial charge is 0.338 e. The predicted octanol–water partition coefficient (Wildman–Crippen LogP) is 2.10. The van der Waals surface area contributed by atoms with Crippen molar-refractivity contribution in [2.75, 3.05) is 0 Å². The molecule has 0 radical (unpaired) electrons. The van der Waals surface area contributed by atoms with Gasteiger partial charge in [0.15, 0.2) is 6.10 Å². The molecule has 1 aromatic carbocycles. The molecule has 130 valence electrons. The molecule has 24 heavy (non-hydrogen) atoms. The minimum Gasteiger partial charge on any atom is -0.508 e. The summed E-state index contributed by atoms with van der Waals surface area (Å²) in [6.07, 6.45) is 4.02. The highest BCUT2D eigenvalue weighted by Crippen LogP contribution is 2.17. The van der Waals surface area contributed by atoms with Gasteiger partial charge in [0.2, 0.25) is 0 Å². The fraction of sp³-hybridized carbons (Fsp3) is 0.471. The molecule has 3 N–H and O–H groups in total. The quantitative estimate of drug-likeness (QED) is 0.731. The molecule has 0 aliphatic heterocycles. The van der Waals surface area contributed by atoms with Gasteiger partial charge in [0.1, 0.15) is 5.75 Å². The second kappa shape index (κ2) is 8.33. The lowest BCUT2D eigenvalue weighted by Crippen LogP contribution is -2.48. The van der Waals surface area contributed by atoms with Gasteiger partial charge in [0, 0.05) is 6.04 Å². The van der Waals surface area contributed by atoms with Crippen LogP contribution in [0.4, 0.5) is 4.79 Å². The minimum atomic E-state index is -1.11. The highest BCUT2D eigenvalue weighted by atomic mass is 16.5. The number of ether oxygens (including phenoxy) is 1. The number of imide groups is 1. The van der Waals surface area contributed by atoms with Crippen LogP contribution in [0, 0.1) is 0 Å². The maximum Gasteiger partial charge on any atom is 0.338 e. The molecule has 7 heteroatoms. The fourth-order valence-corrected chi connectivity index (χ4v) is 2.56. The van der Waals surface area contributed by atoms with Crippen molar-refractivity contribution in [1.82, 2.24) is 10.6 Å². The highest BCUT2D eigenvalue weighted by Gasteiger charge is 2.22. The van der Waals surface area contributed by atoms with Crippen molar-refractivity contribution in [1.29, 1.82) is 0 Å². The van der Waals surface area contributed by atoms with Crippen molar-refractivity contribution in [3.05, 3.63) is 29.8 Å². The highest BCUT2D eigenvalue weighted by molar-refractivity contribution is 5.98. The Balaban J connectivity index is 1.79. The second-order valence-electron chi connectivity index (χ2n) is 5.89. The van der Waals surface area contributed by atoms with Crippen LogP contribution in [-0.4, -0.2) is 35.2 Å². The van der Waals surface area contributed by atoms with Gasteiger partial charge in [0.05, 0.1) is 5.56 Å². The Bertz CT molecular complexity index is 594. The number of nitrogens with one attached hydrogen (secondary N) is 2. The van der Waals surface area contributed by atoms with Crippen molar-refractivity contribution >= 4 is 17.9 Å². The number of phenols is 1. The number of esters is 1. The number of aromatic hydroxyl groups is 1. The van der Waals surface area contributed by atoms with E-state index in [1.807, 2.05) is 0 Å². The molecule has 1 atom stereocenters. The Morgan fingerprint density at radius 1 is 1.12 bits per heavy atom. The Morgan fingerprint density at radius 3 is 2.38 bits per heavy atom. The van der Waals surface area contributed by atoms with Gasteiger partial charge in [0.25, 0.3) is 5.91 Å². The van der Waals surface area contributed by atoms with Gasteiger partial charge >= 0.3 is 12.0 Å². The Morgan fingerprint density at radius 2 is 1.75 bits per heavy atom. The summed E-state index contributed by atoms with van der Waals surface area (Å²) < 4.78 is 5.02. The number of hydrogen-bond donors (Lipinski definition) is 3. The Hall–Kier alpha value is -2.57. The third-order valence-electron chi connectivity index (χ3n) is 3.93. The summed E-state index contributed by atoms with van der Waals surface area (Å²) in [5, 5.41) is 14.1. The van der Waals surface area contributed by atoms with Gasteiger partial charge in [-0.25, -0.2) is 9.59 Å². The molecule has 1 aromatic rings. The van der Waals surface area contributed by atoms with Crippen LogP contribution in [0.3, 0.4) is 0 Å². The summed E-state index contributed by atoms with van der Waals surface area (Å²) in [4.78, 5) is 35.6. The van der Waals surface area contributed by atoms with Gasteiger partial charge in [-0.2, -0.15) is 0 Å². The molecule has 2 rings (SSSR count). The Labute approximate surface area is 140 Å². The summed E-state index contributed by atoms with van der Waals surface area (Å²) in [6.45, 7) is 1.39. The standard InChI is InChI=1S/C17H22N2O5/c1-11(24-16(22)12-7-9-14(20)10-8-12)15(21)19-17(23)18-13-5-3-2-4-6-13/h7-11,13,20H,2-6H2,1H3,(H2,18,19,21,23)/t11-/m0/s1. The van der Waals surface area contributed by atoms with Crippen molar-refractivity contribution in [3.8, 4) is 5.75 Å². The van der Waals surface area contributed by atoms with Gasteiger partial charge in [-0.05, 0) is 44.0 Å². The van der Waals surface area contributed by atoms with Crippen LogP contribution in [0.2, 0.25) is 0 Å². The van der Waals surface area contributed by atoms with Gasteiger partial charge in [-0.3, -0.25) is 10.1 Å². The van der Waals surface area contributed by atoms with E-state index in [9.17, 15) is 19.5 Å². The number of urea groups is 1. The van der Waals surface area contributed by atoms with Crippen LogP contribution in [0.5, 0.6) is 5.75 Å². The molecule has 1 fully saturated rings. The first-order chi connectivity index (χ1) is 11.5. The van der Waals surface area contributed by atoms with E-state index >= 15 is 0 Å². The molecular formula is C17H22N2O5. The lowest BCUT2D eigenvalue weighted by atomic mass is 9.96. The van der Waals surface area contributed by atoms with E-state index in [4.69, 9.17) is 4.74 Å². The average Bonchev–Trinajstić information content (AvgIpc) is 2.56. The van der Waals surface area contributed by atoms with Crippen molar-refractivity contribution < 1.29 is 24.2 Å². The summed E-state index contributed by atoms with van der Waals surface area (Å²) in [5.41, 5.74) is 0.208. The van der Waals surface area contributed by atoms with Crippen LogP contribution in [-0.2, 0) is 9.53 Å².